The van der Waals surface area contributed by atoms with E-state index >= 15 is 35.1 Å². The van der Waals surface area contributed by atoms with Crippen molar-refractivity contribution in [2.24, 2.45) is 20.0 Å². The molecule has 1 aliphatic carbocycles. The number of benzene rings is 8. The maximum Gasteiger partial charge on any atom is 2.00 e. The third-order valence-corrected chi connectivity index (χ3v) is 28.2. The molecule has 35 heteroatoms. The second-order valence-electron chi connectivity index (χ2n) is 29.3. The largest absolute Gasteiger partial charge is 2.00 e. The first-order chi connectivity index (χ1) is 57.2. The maximum atomic E-state index is 20.1. The van der Waals surface area contributed by atoms with Crippen molar-refractivity contribution >= 4 is 259 Å². The van der Waals surface area contributed by atoms with Crippen molar-refractivity contribution in [2.75, 3.05) is 114 Å². The monoisotopic (exact) mass is 2330 g/mol. The molecule has 610 valence electrons. The minimum Gasteiger partial charge on any atom is 2.00 e. The molecule has 0 radical (unpaired) electrons. The minimum atomic E-state index is -1.66. The van der Waals surface area contributed by atoms with Gasteiger partial charge in [0.15, 0.2) is 0 Å². The molecule has 0 saturated heterocycles. The van der Waals surface area contributed by atoms with Crippen molar-refractivity contribution in [3.8, 4) is 109 Å². The average Bonchev–Trinajstić information content (AvgIpc) is 1.51. The van der Waals surface area contributed by atoms with Crippen LogP contribution in [0.2, 0.25) is 0 Å². The molecule has 121 heavy (non-hydrogen) atoms. The Bertz CT molecular complexity index is 6820. The van der Waals surface area contributed by atoms with E-state index in [-0.39, 0.29) is 60.7 Å². The van der Waals surface area contributed by atoms with Gasteiger partial charge < -0.3 is 0 Å². The van der Waals surface area contributed by atoms with Crippen LogP contribution < -0.4 is 57.2 Å². The van der Waals surface area contributed by atoms with Crippen molar-refractivity contribution in [3.05, 3.63) is 130 Å². The van der Waals surface area contributed by atoms with Crippen LogP contribution in [-0.4, -0.2) is 236 Å². The number of halogens is 8. The minimum absolute atomic E-state index is 0. The number of nitrogens with zero attached hydrogens (tertiary/aromatic N) is 18. The Kier molecular flexibility index (Phi) is 27.6. The van der Waals surface area contributed by atoms with Gasteiger partial charge in [-0.25, -0.2) is 0 Å². The summed E-state index contributed by atoms with van der Waals surface area (Å²) in [5.41, 5.74) is -9.08. The Morgan fingerprint density at radius 2 is 0.529 bits per heavy atom. The molecule has 0 fully saturated rings. The zero-order valence-corrected chi connectivity index (χ0v) is 82.7. The van der Waals surface area contributed by atoms with Crippen LogP contribution in [0, 0.1) is 87.5 Å². The van der Waals surface area contributed by atoms with Gasteiger partial charge >= 0.3 is 770 Å². The molecule has 0 N–H and O–H groups in total. The zero-order chi connectivity index (χ0) is 87.0. The molecule has 0 unspecified atom stereocenters. The fraction of sp³-hybridized carbons (Fsp3) is 0.209. The van der Waals surface area contributed by atoms with Gasteiger partial charge in [0.25, 0.3) is 0 Å². The molecular weight excluding hydrogens is 2260 g/mol. The molecule has 4 heterocycles. The number of nitriles is 4. The van der Waals surface area contributed by atoms with E-state index < -0.39 is 252 Å². The number of rotatable bonds is 20. The van der Waals surface area contributed by atoms with E-state index in [1.807, 2.05) is 53.6 Å². The Labute approximate surface area is 762 Å². The predicted octanol–water partition coefficient (Wildman–Crippen LogP) is 13.0. The third-order valence-electron chi connectivity index (χ3n) is 20.4. The molecule has 0 atom stereocenters. The number of hydrogen-bond acceptors (Lipinski definition) is 16. The van der Waals surface area contributed by atoms with Crippen molar-refractivity contribution < 1.29 is 56.2 Å². The van der Waals surface area contributed by atoms with Crippen molar-refractivity contribution in [1.29, 1.82) is 21.0 Å². The van der Waals surface area contributed by atoms with Crippen LogP contribution in [0.5, 0.6) is 0 Å². The van der Waals surface area contributed by atoms with Crippen molar-refractivity contribution in [2.45, 2.75) is 39.5 Å². The van der Waals surface area contributed by atoms with E-state index in [9.17, 15) is 21.0 Å². The molecule has 2 aliphatic heterocycles. The molecule has 3 aliphatic rings. The van der Waals surface area contributed by atoms with E-state index in [2.05, 4.69) is 101 Å². The number of anilines is 6. The van der Waals surface area contributed by atoms with Crippen LogP contribution in [0.4, 0.5) is 92.0 Å². The summed E-state index contributed by atoms with van der Waals surface area (Å²) >= 11 is 3.31. The second-order valence-corrected chi connectivity index (χ2v) is 37.5. The summed E-state index contributed by atoms with van der Waals surface area (Å²) in [6, 6.07) is 20.3. The molecule has 8 aromatic carbocycles. The average molecular weight is 2330 g/mol. The molecule has 18 nitrogen and oxygen atoms in total. The van der Waals surface area contributed by atoms with E-state index in [4.69, 9.17) is 19.9 Å². The fourth-order valence-electron chi connectivity index (χ4n) is 14.7. The second kappa shape index (κ2) is 36.7. The summed E-state index contributed by atoms with van der Waals surface area (Å²) < 4.78 is 168. The van der Waals surface area contributed by atoms with Crippen LogP contribution >= 0.6 is 0 Å². The molecule has 0 spiro atoms. The third kappa shape index (κ3) is 15.9. The molecule has 13 rings (SSSR count). The topological polar surface area (TPSA) is 218 Å². The SMILES string of the molecule is CC(C)c1cc(-c2c3nc(c(-c4cc(N(C)C)cc(N(C)C)c4)c4[n-]c(c(-c5cc(N(C)C)cc(N(C)C)c5)c5nc(c(-c6cc(N(C)C)cc(N(C)C)c6)c6[n-]c2c2c(F)c([Se]C#N)c([Se]C#N)c(F)c62)-c2c(F)c(N=C=[Se])c(N=C=[Se])c(F)c2-5)c2c(F)c(N=C=[Se])c(N=C=[Se])c(F)c42)-c2c(F)c([Se]C#N)c([Se]C#N)c(F)c2-3)cc(C(C)C)c1.[Pt+2]. The van der Waals surface area contributed by atoms with Gasteiger partial charge in [0.2, 0.25) is 0 Å². The summed E-state index contributed by atoms with van der Waals surface area (Å²) in [6.07, 6.45) is 0. The van der Waals surface area contributed by atoms with Gasteiger partial charge in [-0.15, -0.1) is 0 Å². The van der Waals surface area contributed by atoms with Gasteiger partial charge in [0.1, 0.15) is 0 Å². The predicted molar refractivity (Wildman–Crippen MR) is 474 cm³/mol. The summed E-state index contributed by atoms with van der Waals surface area (Å²) in [5, 5.41) is 40.5. The Balaban J connectivity index is 0.0000134. The first-order valence-corrected chi connectivity index (χ1v) is 46.2. The summed E-state index contributed by atoms with van der Waals surface area (Å²) in [4.78, 5) is 57.7. The quantitative estimate of drug-likeness (QED) is 0.0394. The first kappa shape index (κ1) is 91.0. The van der Waals surface area contributed by atoms with Crippen molar-refractivity contribution in [3.63, 3.8) is 0 Å². The maximum absolute atomic E-state index is 20.1. The van der Waals surface area contributed by atoms with Crippen molar-refractivity contribution in [1.82, 2.24) is 19.9 Å². The van der Waals surface area contributed by atoms with Gasteiger partial charge in [-0.1, -0.05) is 0 Å². The van der Waals surface area contributed by atoms with E-state index in [0.29, 0.717) is 45.3 Å². The Morgan fingerprint density at radius 3 is 0.752 bits per heavy atom. The van der Waals surface area contributed by atoms with Crippen LogP contribution in [0.15, 0.2) is 92.8 Å². The number of hydrogen-bond donors (Lipinski definition) is 0. The molecule has 0 saturated carbocycles. The standard InChI is InChI=1S/C86H62F8N18Se8.Pt/c1-37(2)39-17-40(38(3)4)19-41(18-39)51-75-59-61(69(93)85(119-31-97)83(67(59)91)117-29-95)77(105-75)53(43-22-47(109(9)10)27-48(23-43)110(11)12)73-57-55(63(87)79(99-33-113)81(65(57)89)101-35-115)71(103-73)52(42-20-45(107(5)6)26-46(21-42)108(7)8)72-56-58(66(90)82(102-36-116)80(64(56)88)100-34-114)74(104-72)54(44-24-49(111(13)14)28-50(25-44)112(15)16)78-62-60(76(51)106-78)68(92)84(118-30-96)86(70(62)94)120-32-98;/h17-28,37-38H,1-16H3;/q-2;+2. The zero-order valence-electron chi connectivity index (χ0n) is 66.7. The smallest absolute Gasteiger partial charge is 2.00 e. The molecule has 8 bridgehead atoms. The van der Waals surface area contributed by atoms with E-state index in [1.165, 1.54) is 0 Å². The first-order valence-electron chi connectivity index (χ1n) is 36.0. The van der Waals surface area contributed by atoms with Gasteiger partial charge in [-0.05, 0) is 0 Å². The summed E-state index contributed by atoms with van der Waals surface area (Å²) in [7, 11) is 20.7. The normalized spacial score (nSPS) is 11.2. The number of aromatic nitrogens is 4. The molecule has 10 aromatic rings. The van der Waals surface area contributed by atoms with Crippen LogP contribution in [0.1, 0.15) is 50.7 Å². The van der Waals surface area contributed by atoms with Gasteiger partial charge in [0.05, 0.1) is 0 Å². The summed E-state index contributed by atoms with van der Waals surface area (Å²) in [5.74, 6) is -11.4. The number of aliphatic imine (C=N–C) groups is 4. The van der Waals surface area contributed by atoms with Gasteiger partial charge in [-0.2, -0.15) is 0 Å². The molecule has 2 aromatic heterocycles. The molecule has 0 amide bonds. The van der Waals surface area contributed by atoms with Gasteiger partial charge in [0, 0.05) is 0 Å². The van der Waals surface area contributed by atoms with E-state index in [1.54, 1.807) is 181 Å². The van der Waals surface area contributed by atoms with E-state index in [0.717, 1.165) is 0 Å². The van der Waals surface area contributed by atoms with Gasteiger partial charge in [-0.3, -0.25) is 0 Å². The Morgan fingerprint density at radius 1 is 0.314 bits per heavy atom. The van der Waals surface area contributed by atoms with Crippen LogP contribution in [0.3, 0.4) is 0 Å². The van der Waals surface area contributed by atoms with Crippen LogP contribution in [-0.2, 0) is 21.1 Å². The van der Waals surface area contributed by atoms with Crippen LogP contribution in [0.25, 0.3) is 133 Å². The Hall–Kier alpha value is -9.24. The fourth-order valence-corrected chi connectivity index (χ4v) is 21.2. The summed E-state index contributed by atoms with van der Waals surface area (Å²) in [6.45, 7) is 7.58. The molecular formula is C86H62F8N18PtSe8.